The summed E-state index contributed by atoms with van der Waals surface area (Å²) in [6, 6.07) is 1.58. The Balaban J connectivity index is 2.25. The minimum Gasteiger partial charge on any atom is -0.346 e. The summed E-state index contributed by atoms with van der Waals surface area (Å²) in [7, 11) is 1.73. The summed E-state index contributed by atoms with van der Waals surface area (Å²) in [5, 5.41) is 9.55. The molecule has 100 valence electrons. The minimum atomic E-state index is -0.287. The second kappa shape index (κ2) is 4.72. The molecule has 0 aliphatic carbocycles. The van der Waals surface area contributed by atoms with Crippen LogP contribution in [0.25, 0.3) is 0 Å². The molecule has 6 heteroatoms. The number of nitrogens with one attached hydrogen (secondary N) is 2. The van der Waals surface area contributed by atoms with Gasteiger partial charge in [-0.05, 0) is 26.8 Å². The molecule has 0 saturated heterocycles. The lowest BCUT2D eigenvalue weighted by Gasteiger charge is -2.04. The predicted octanol–water partition coefficient (Wildman–Crippen LogP) is 1.82. The van der Waals surface area contributed by atoms with E-state index in [1.165, 1.54) is 6.92 Å². The summed E-state index contributed by atoms with van der Waals surface area (Å²) in [5.41, 5.74) is 2.74. The third-order valence-corrected chi connectivity index (χ3v) is 3.13. The Labute approximate surface area is 110 Å². The van der Waals surface area contributed by atoms with E-state index in [1.54, 1.807) is 23.9 Å². The predicted molar refractivity (Wildman–Crippen MR) is 71.4 cm³/mol. The van der Waals surface area contributed by atoms with E-state index in [1.807, 2.05) is 13.8 Å². The Hall–Kier alpha value is -2.37. The van der Waals surface area contributed by atoms with Crippen molar-refractivity contribution >= 4 is 17.5 Å². The Bertz CT molecular complexity index is 652. The van der Waals surface area contributed by atoms with E-state index in [9.17, 15) is 9.59 Å². The van der Waals surface area contributed by atoms with E-state index < -0.39 is 0 Å². The van der Waals surface area contributed by atoms with Crippen molar-refractivity contribution in [1.82, 2.24) is 14.8 Å². The highest BCUT2D eigenvalue weighted by Gasteiger charge is 2.16. The summed E-state index contributed by atoms with van der Waals surface area (Å²) < 4.78 is 1.63. The van der Waals surface area contributed by atoms with Crippen molar-refractivity contribution in [3.63, 3.8) is 0 Å². The first-order chi connectivity index (χ1) is 8.90. The van der Waals surface area contributed by atoms with E-state index in [4.69, 9.17) is 0 Å². The number of aryl methyl sites for hydroxylation is 2. The third kappa shape index (κ3) is 2.42. The van der Waals surface area contributed by atoms with Crippen LogP contribution in [0.1, 0.15) is 39.0 Å². The van der Waals surface area contributed by atoms with E-state index >= 15 is 0 Å². The number of H-pyrrole nitrogens is 1. The SMILES string of the molecule is CC(=O)c1cc(C(=O)Nc2n[nH]c(C)c2C)n(C)c1. The van der Waals surface area contributed by atoms with E-state index in [0.717, 1.165) is 11.3 Å². The van der Waals surface area contributed by atoms with Gasteiger partial charge in [0.15, 0.2) is 11.6 Å². The Morgan fingerprint density at radius 2 is 2.05 bits per heavy atom. The molecule has 0 bridgehead atoms. The molecule has 0 radical (unpaired) electrons. The molecule has 0 aliphatic rings. The quantitative estimate of drug-likeness (QED) is 0.826. The fraction of sp³-hybridized carbons (Fsp3) is 0.308. The molecule has 2 N–H and O–H groups in total. The van der Waals surface area contributed by atoms with Crippen LogP contribution in [-0.2, 0) is 7.05 Å². The Morgan fingerprint density at radius 3 is 2.53 bits per heavy atom. The zero-order valence-electron chi connectivity index (χ0n) is 11.4. The summed E-state index contributed by atoms with van der Waals surface area (Å²) in [6.45, 7) is 5.23. The van der Waals surface area contributed by atoms with Crippen LogP contribution in [-0.4, -0.2) is 26.5 Å². The average molecular weight is 260 g/mol. The Kier molecular flexibility index (Phi) is 3.25. The molecular weight excluding hydrogens is 244 g/mol. The number of amides is 1. The van der Waals surface area contributed by atoms with Gasteiger partial charge in [0.2, 0.25) is 0 Å². The zero-order chi connectivity index (χ0) is 14.2. The first kappa shape index (κ1) is 13.1. The van der Waals surface area contributed by atoms with Crippen LogP contribution in [0.5, 0.6) is 0 Å². The number of carbonyl (C=O) groups is 2. The highest BCUT2D eigenvalue weighted by molar-refractivity contribution is 6.05. The summed E-state index contributed by atoms with van der Waals surface area (Å²) >= 11 is 0. The molecule has 0 unspecified atom stereocenters. The first-order valence-corrected chi connectivity index (χ1v) is 5.90. The number of nitrogens with zero attached hydrogens (tertiary/aromatic N) is 2. The smallest absolute Gasteiger partial charge is 0.273 e. The normalized spacial score (nSPS) is 10.5. The highest BCUT2D eigenvalue weighted by Crippen LogP contribution is 2.16. The molecule has 6 nitrogen and oxygen atoms in total. The largest absolute Gasteiger partial charge is 0.346 e. The number of rotatable bonds is 3. The van der Waals surface area contributed by atoms with Gasteiger partial charge < -0.3 is 9.88 Å². The monoisotopic (exact) mass is 260 g/mol. The molecule has 1 amide bonds. The lowest BCUT2D eigenvalue weighted by Crippen LogP contribution is -2.16. The van der Waals surface area contributed by atoms with Crippen LogP contribution in [0.3, 0.4) is 0 Å². The lowest BCUT2D eigenvalue weighted by molar-refractivity contribution is 0.101. The summed E-state index contributed by atoms with van der Waals surface area (Å²) in [4.78, 5) is 23.4. The van der Waals surface area contributed by atoms with Gasteiger partial charge in [-0.25, -0.2) is 0 Å². The summed E-state index contributed by atoms with van der Waals surface area (Å²) in [5.74, 6) is 0.152. The molecule has 2 aromatic rings. The van der Waals surface area contributed by atoms with E-state index in [0.29, 0.717) is 17.1 Å². The molecule has 2 rings (SSSR count). The van der Waals surface area contributed by atoms with Gasteiger partial charge in [-0.15, -0.1) is 0 Å². The van der Waals surface area contributed by atoms with E-state index in [2.05, 4.69) is 15.5 Å². The minimum absolute atomic E-state index is 0.0681. The van der Waals surface area contributed by atoms with Crippen molar-refractivity contribution in [3.8, 4) is 0 Å². The number of carbonyl (C=O) groups excluding carboxylic acids is 2. The van der Waals surface area contributed by atoms with Crippen LogP contribution in [0, 0.1) is 13.8 Å². The van der Waals surface area contributed by atoms with Gasteiger partial charge in [0, 0.05) is 30.1 Å². The molecule has 0 saturated carbocycles. The molecule has 19 heavy (non-hydrogen) atoms. The van der Waals surface area contributed by atoms with Crippen molar-refractivity contribution in [2.45, 2.75) is 20.8 Å². The van der Waals surface area contributed by atoms with E-state index in [-0.39, 0.29) is 11.7 Å². The average Bonchev–Trinajstić information content (AvgIpc) is 2.87. The van der Waals surface area contributed by atoms with Crippen LogP contribution < -0.4 is 5.32 Å². The van der Waals surface area contributed by atoms with Gasteiger partial charge in [0.05, 0.1) is 0 Å². The van der Waals surface area contributed by atoms with Crippen molar-refractivity contribution in [1.29, 1.82) is 0 Å². The van der Waals surface area contributed by atoms with Gasteiger partial charge in [-0.2, -0.15) is 5.10 Å². The molecular formula is C13H16N4O2. The second-order valence-electron chi connectivity index (χ2n) is 4.56. The fourth-order valence-corrected chi connectivity index (χ4v) is 1.76. The van der Waals surface area contributed by atoms with Gasteiger partial charge in [0.1, 0.15) is 5.69 Å². The number of hydrogen-bond acceptors (Lipinski definition) is 3. The van der Waals surface area contributed by atoms with Crippen molar-refractivity contribution in [3.05, 3.63) is 34.8 Å². The number of Topliss-reactive ketones (excluding diaryl/α,β-unsaturated/α-hetero) is 1. The number of anilines is 1. The number of aromatic amines is 1. The standard InChI is InChI=1S/C13H16N4O2/c1-7-8(2)15-16-12(7)14-13(19)11-5-10(9(3)18)6-17(11)4/h5-6H,1-4H3,(H2,14,15,16,19). The molecule has 0 aromatic carbocycles. The second-order valence-corrected chi connectivity index (χ2v) is 4.56. The van der Waals surface area contributed by atoms with Crippen LogP contribution >= 0.6 is 0 Å². The van der Waals surface area contributed by atoms with Gasteiger partial charge in [-0.1, -0.05) is 0 Å². The van der Waals surface area contributed by atoms with Crippen molar-refractivity contribution in [2.75, 3.05) is 5.32 Å². The number of ketones is 1. The fourth-order valence-electron chi connectivity index (χ4n) is 1.76. The molecule has 0 fully saturated rings. The first-order valence-electron chi connectivity index (χ1n) is 5.90. The third-order valence-electron chi connectivity index (χ3n) is 3.13. The van der Waals surface area contributed by atoms with Gasteiger partial charge >= 0.3 is 0 Å². The molecule has 0 atom stereocenters. The zero-order valence-corrected chi connectivity index (χ0v) is 11.4. The van der Waals surface area contributed by atoms with Crippen LogP contribution in [0.15, 0.2) is 12.3 Å². The maximum Gasteiger partial charge on any atom is 0.273 e. The molecule has 0 aliphatic heterocycles. The topological polar surface area (TPSA) is 79.8 Å². The maximum atomic E-state index is 12.1. The lowest BCUT2D eigenvalue weighted by atomic mass is 10.2. The number of hydrogen-bond donors (Lipinski definition) is 2. The van der Waals surface area contributed by atoms with Crippen molar-refractivity contribution in [2.24, 2.45) is 7.05 Å². The van der Waals surface area contributed by atoms with Crippen molar-refractivity contribution < 1.29 is 9.59 Å². The van der Waals surface area contributed by atoms with Gasteiger partial charge in [0.25, 0.3) is 5.91 Å². The van der Waals surface area contributed by atoms with Crippen LogP contribution in [0.2, 0.25) is 0 Å². The highest BCUT2D eigenvalue weighted by atomic mass is 16.2. The number of aromatic nitrogens is 3. The Morgan fingerprint density at radius 1 is 1.37 bits per heavy atom. The molecule has 2 heterocycles. The molecule has 2 aromatic heterocycles. The molecule has 0 spiro atoms. The van der Waals surface area contributed by atoms with Gasteiger partial charge in [-0.3, -0.25) is 14.7 Å². The van der Waals surface area contributed by atoms with Crippen LogP contribution in [0.4, 0.5) is 5.82 Å². The summed E-state index contributed by atoms with van der Waals surface area (Å²) in [6.07, 6.45) is 1.64. The maximum absolute atomic E-state index is 12.1.